The fourth-order valence-corrected chi connectivity index (χ4v) is 2.99. The number of amides is 2. The van der Waals surface area contributed by atoms with Gasteiger partial charge in [0.1, 0.15) is 5.60 Å². The summed E-state index contributed by atoms with van der Waals surface area (Å²) in [5.41, 5.74) is 1.85. The van der Waals surface area contributed by atoms with E-state index in [2.05, 4.69) is 10.4 Å². The first-order valence-corrected chi connectivity index (χ1v) is 10.2. The van der Waals surface area contributed by atoms with Crippen molar-refractivity contribution in [3.63, 3.8) is 0 Å². The zero-order valence-corrected chi connectivity index (χ0v) is 19.0. The van der Waals surface area contributed by atoms with Gasteiger partial charge in [-0.05, 0) is 50.6 Å². The number of methoxy groups -OCH3 is 1. The fourth-order valence-electron chi connectivity index (χ4n) is 2.99. The van der Waals surface area contributed by atoms with Crippen LogP contribution >= 0.6 is 0 Å². The Labute approximate surface area is 187 Å². The SMILES string of the molecule is COc1cn(-c2ccccc2)nc1C(=O)Nc1cccc(CN(C)C(=O)OC(C)(C)C)c1. The number of nitrogens with zero attached hydrogens (tertiary/aromatic N) is 3. The van der Waals surface area contributed by atoms with Gasteiger partial charge in [0, 0.05) is 19.3 Å². The van der Waals surface area contributed by atoms with Gasteiger partial charge in [0.05, 0.1) is 19.0 Å². The van der Waals surface area contributed by atoms with Crippen molar-refractivity contribution in [1.82, 2.24) is 14.7 Å². The number of carbonyl (C=O) groups is 2. The molecule has 0 spiro atoms. The minimum atomic E-state index is -0.566. The van der Waals surface area contributed by atoms with E-state index in [0.717, 1.165) is 11.3 Å². The Balaban J connectivity index is 1.72. The van der Waals surface area contributed by atoms with Gasteiger partial charge in [0.15, 0.2) is 11.4 Å². The third-order valence-corrected chi connectivity index (χ3v) is 4.45. The summed E-state index contributed by atoms with van der Waals surface area (Å²) in [5.74, 6) is -0.0265. The second-order valence-corrected chi connectivity index (χ2v) is 8.32. The van der Waals surface area contributed by atoms with Gasteiger partial charge >= 0.3 is 6.09 Å². The number of para-hydroxylation sites is 1. The summed E-state index contributed by atoms with van der Waals surface area (Å²) in [6.07, 6.45) is 1.25. The Kier molecular flexibility index (Phi) is 6.82. The molecule has 2 aromatic carbocycles. The molecule has 168 valence electrons. The highest BCUT2D eigenvalue weighted by Crippen LogP contribution is 2.21. The standard InChI is InChI=1S/C24H28N4O4/c1-24(2,3)32-23(30)27(4)15-17-10-9-11-18(14-17)25-22(29)21-20(31-5)16-28(26-21)19-12-7-6-8-13-19/h6-14,16H,15H2,1-5H3,(H,25,29). The van der Waals surface area contributed by atoms with Gasteiger partial charge in [-0.3, -0.25) is 4.79 Å². The molecule has 3 rings (SSSR count). The number of rotatable bonds is 6. The normalized spacial score (nSPS) is 11.0. The van der Waals surface area contributed by atoms with Crippen LogP contribution in [0.3, 0.4) is 0 Å². The summed E-state index contributed by atoms with van der Waals surface area (Å²) in [4.78, 5) is 26.6. The molecule has 0 aliphatic rings. The van der Waals surface area contributed by atoms with Gasteiger partial charge in [-0.25, -0.2) is 9.48 Å². The van der Waals surface area contributed by atoms with Crippen LogP contribution in [0.25, 0.3) is 5.69 Å². The third-order valence-electron chi connectivity index (χ3n) is 4.45. The molecule has 32 heavy (non-hydrogen) atoms. The lowest BCUT2D eigenvalue weighted by molar-refractivity contribution is 0.0285. The Morgan fingerprint density at radius 1 is 1.09 bits per heavy atom. The predicted octanol–water partition coefficient (Wildman–Crippen LogP) is 4.50. The van der Waals surface area contributed by atoms with E-state index in [1.54, 1.807) is 30.1 Å². The molecule has 8 heteroatoms. The van der Waals surface area contributed by atoms with Crippen LogP contribution in [0.15, 0.2) is 60.8 Å². The highest BCUT2D eigenvalue weighted by atomic mass is 16.6. The van der Waals surface area contributed by atoms with Crippen molar-refractivity contribution in [2.24, 2.45) is 0 Å². The highest BCUT2D eigenvalue weighted by Gasteiger charge is 2.21. The molecule has 2 amide bonds. The van der Waals surface area contributed by atoms with Gasteiger partial charge in [0.25, 0.3) is 5.91 Å². The van der Waals surface area contributed by atoms with Crippen molar-refractivity contribution in [2.45, 2.75) is 32.9 Å². The molecule has 1 aromatic heterocycles. The molecular formula is C24H28N4O4. The van der Waals surface area contributed by atoms with Crippen LogP contribution in [0.2, 0.25) is 0 Å². The third kappa shape index (κ3) is 5.87. The van der Waals surface area contributed by atoms with E-state index in [1.165, 1.54) is 12.0 Å². The maximum Gasteiger partial charge on any atom is 0.410 e. The summed E-state index contributed by atoms with van der Waals surface area (Å²) in [5, 5.41) is 7.24. The highest BCUT2D eigenvalue weighted by molar-refractivity contribution is 6.04. The number of anilines is 1. The molecule has 3 aromatic rings. The number of carbonyl (C=O) groups excluding carboxylic acids is 2. The van der Waals surface area contributed by atoms with Crippen molar-refractivity contribution < 1.29 is 19.1 Å². The largest absolute Gasteiger partial charge is 0.493 e. The lowest BCUT2D eigenvalue weighted by Crippen LogP contribution is -2.33. The smallest absolute Gasteiger partial charge is 0.410 e. The van der Waals surface area contributed by atoms with E-state index < -0.39 is 17.6 Å². The van der Waals surface area contributed by atoms with E-state index in [9.17, 15) is 9.59 Å². The average Bonchev–Trinajstić information content (AvgIpc) is 3.18. The van der Waals surface area contributed by atoms with E-state index in [-0.39, 0.29) is 5.69 Å². The van der Waals surface area contributed by atoms with Gasteiger partial charge in [-0.15, -0.1) is 0 Å². The van der Waals surface area contributed by atoms with Crippen molar-refractivity contribution in [1.29, 1.82) is 0 Å². The van der Waals surface area contributed by atoms with Crippen LogP contribution in [0, 0.1) is 0 Å². The topological polar surface area (TPSA) is 85.7 Å². The second-order valence-electron chi connectivity index (χ2n) is 8.32. The van der Waals surface area contributed by atoms with E-state index in [4.69, 9.17) is 9.47 Å². The predicted molar refractivity (Wildman–Crippen MR) is 122 cm³/mol. The Bertz CT molecular complexity index is 1090. The first kappa shape index (κ1) is 22.9. The number of ether oxygens (including phenoxy) is 2. The molecule has 8 nitrogen and oxygen atoms in total. The summed E-state index contributed by atoms with van der Waals surface area (Å²) in [6, 6.07) is 16.7. The molecule has 0 saturated carbocycles. The number of benzene rings is 2. The fraction of sp³-hybridized carbons (Fsp3) is 0.292. The maximum atomic E-state index is 12.9. The van der Waals surface area contributed by atoms with Gasteiger partial charge in [-0.1, -0.05) is 30.3 Å². The van der Waals surface area contributed by atoms with Crippen molar-refractivity contribution >= 4 is 17.7 Å². The molecule has 0 saturated heterocycles. The first-order valence-electron chi connectivity index (χ1n) is 10.2. The quantitative estimate of drug-likeness (QED) is 0.615. The lowest BCUT2D eigenvalue weighted by atomic mass is 10.2. The molecular weight excluding hydrogens is 408 g/mol. The molecule has 0 bridgehead atoms. The van der Waals surface area contributed by atoms with Gasteiger partial charge < -0.3 is 19.7 Å². The van der Waals surface area contributed by atoms with Crippen molar-refractivity contribution in [2.75, 3.05) is 19.5 Å². The molecule has 0 aliphatic heterocycles. The van der Waals surface area contributed by atoms with Crippen LogP contribution in [0.5, 0.6) is 5.75 Å². The number of aromatic nitrogens is 2. The molecule has 0 atom stereocenters. The van der Waals surface area contributed by atoms with Crippen LogP contribution in [0.1, 0.15) is 36.8 Å². The Hall–Kier alpha value is -3.81. The number of hydrogen-bond donors (Lipinski definition) is 1. The maximum absolute atomic E-state index is 12.9. The minimum absolute atomic E-state index is 0.174. The van der Waals surface area contributed by atoms with Crippen LogP contribution in [-0.2, 0) is 11.3 Å². The molecule has 0 aliphatic carbocycles. The molecule has 0 fully saturated rings. The minimum Gasteiger partial charge on any atom is -0.493 e. The molecule has 1 heterocycles. The average molecular weight is 437 g/mol. The number of hydrogen-bond acceptors (Lipinski definition) is 5. The molecule has 0 radical (unpaired) electrons. The molecule has 0 unspecified atom stereocenters. The molecule has 1 N–H and O–H groups in total. The van der Waals surface area contributed by atoms with E-state index in [1.807, 2.05) is 63.2 Å². The number of nitrogens with one attached hydrogen (secondary N) is 1. The van der Waals surface area contributed by atoms with Gasteiger partial charge in [-0.2, -0.15) is 5.10 Å². The van der Waals surface area contributed by atoms with Crippen LogP contribution in [0.4, 0.5) is 10.5 Å². The summed E-state index contributed by atoms with van der Waals surface area (Å²) in [6.45, 7) is 5.80. The van der Waals surface area contributed by atoms with Crippen LogP contribution in [-0.4, -0.2) is 46.4 Å². The summed E-state index contributed by atoms with van der Waals surface area (Å²) >= 11 is 0. The monoisotopic (exact) mass is 436 g/mol. The Morgan fingerprint density at radius 2 is 1.81 bits per heavy atom. The zero-order valence-electron chi connectivity index (χ0n) is 19.0. The lowest BCUT2D eigenvalue weighted by Gasteiger charge is -2.24. The first-order chi connectivity index (χ1) is 15.2. The van der Waals surface area contributed by atoms with Crippen molar-refractivity contribution in [3.8, 4) is 11.4 Å². The second kappa shape index (κ2) is 9.55. The van der Waals surface area contributed by atoms with E-state index >= 15 is 0 Å². The zero-order chi connectivity index (χ0) is 23.3. The van der Waals surface area contributed by atoms with Gasteiger partial charge in [0.2, 0.25) is 0 Å². The van der Waals surface area contributed by atoms with Crippen LogP contribution < -0.4 is 10.1 Å². The Morgan fingerprint density at radius 3 is 2.47 bits per heavy atom. The van der Waals surface area contributed by atoms with E-state index in [0.29, 0.717) is 18.0 Å². The summed E-state index contributed by atoms with van der Waals surface area (Å²) < 4.78 is 12.3. The van der Waals surface area contributed by atoms with Crippen molar-refractivity contribution in [3.05, 3.63) is 72.1 Å². The summed E-state index contributed by atoms with van der Waals surface area (Å²) in [7, 11) is 3.16.